The Kier molecular flexibility index (Phi) is 7.10. The molecular weight excluding hydrogens is 419 g/mol. The van der Waals surface area contributed by atoms with Crippen molar-refractivity contribution in [3.8, 4) is 0 Å². The summed E-state index contributed by atoms with van der Waals surface area (Å²) in [6, 6.07) is 6.10. The van der Waals surface area contributed by atoms with Gasteiger partial charge in [-0.25, -0.2) is 0 Å². The summed E-state index contributed by atoms with van der Waals surface area (Å²) in [5, 5.41) is 7.43. The van der Waals surface area contributed by atoms with E-state index in [4.69, 9.17) is 4.52 Å². The molecule has 0 unspecified atom stereocenters. The monoisotopic (exact) mass is 444 g/mol. The lowest BCUT2D eigenvalue weighted by molar-refractivity contribution is 0.169. The maximum Gasteiger partial charge on any atom is 0.194 e. The van der Waals surface area contributed by atoms with Gasteiger partial charge in [0.05, 0.1) is 12.2 Å². The van der Waals surface area contributed by atoms with Crippen molar-refractivity contribution in [3.63, 3.8) is 0 Å². The van der Waals surface area contributed by atoms with Gasteiger partial charge in [0.1, 0.15) is 6.26 Å². The third-order valence-electron chi connectivity index (χ3n) is 4.24. The van der Waals surface area contributed by atoms with E-state index in [1.165, 1.54) is 5.69 Å². The molecule has 0 aromatic carbocycles. The Morgan fingerprint density at radius 2 is 2.08 bits per heavy atom. The Bertz CT molecular complexity index is 631. The predicted molar refractivity (Wildman–Crippen MR) is 104 cm³/mol. The molecule has 2 aromatic heterocycles. The molecule has 0 amide bonds. The van der Waals surface area contributed by atoms with E-state index >= 15 is 0 Å². The van der Waals surface area contributed by atoms with E-state index in [2.05, 4.69) is 55.2 Å². The van der Waals surface area contributed by atoms with E-state index in [1.807, 2.05) is 13.1 Å². The molecule has 1 N–H and O–H groups in total. The first-order valence-corrected chi connectivity index (χ1v) is 7.93. The Balaban J connectivity index is 0.00000208. The van der Waals surface area contributed by atoms with Gasteiger partial charge in [-0.3, -0.25) is 9.89 Å². The molecule has 132 valence electrons. The highest BCUT2D eigenvalue weighted by Gasteiger charge is 2.20. The minimum absolute atomic E-state index is 0. The number of aliphatic imine (C=N–C) groups is 1. The van der Waals surface area contributed by atoms with Crippen LogP contribution in [0.15, 0.2) is 40.2 Å². The molecule has 1 aliphatic rings. The number of rotatable bonds is 4. The second-order valence-electron chi connectivity index (χ2n) is 5.77. The van der Waals surface area contributed by atoms with Gasteiger partial charge in [-0.1, -0.05) is 5.16 Å². The molecule has 0 spiro atoms. The van der Waals surface area contributed by atoms with Crippen molar-refractivity contribution >= 4 is 29.9 Å². The zero-order chi connectivity index (χ0) is 16.1. The molecule has 0 radical (unpaired) electrons. The van der Waals surface area contributed by atoms with Crippen molar-refractivity contribution in [2.24, 2.45) is 12.0 Å². The minimum Gasteiger partial charge on any atom is -0.364 e. The molecule has 0 bridgehead atoms. The smallest absolute Gasteiger partial charge is 0.194 e. The number of guanidine groups is 1. The van der Waals surface area contributed by atoms with Crippen molar-refractivity contribution in [2.75, 3.05) is 33.2 Å². The first kappa shape index (κ1) is 18.8. The number of piperazine rings is 1. The number of nitrogens with zero attached hydrogens (tertiary/aromatic N) is 5. The zero-order valence-electron chi connectivity index (χ0n) is 14.2. The molecule has 1 fully saturated rings. The van der Waals surface area contributed by atoms with E-state index in [0.29, 0.717) is 0 Å². The maximum absolute atomic E-state index is 4.89. The summed E-state index contributed by atoms with van der Waals surface area (Å²) in [6.45, 7) is 5.56. The zero-order valence-corrected chi connectivity index (χ0v) is 16.5. The van der Waals surface area contributed by atoms with Gasteiger partial charge in [0.15, 0.2) is 5.96 Å². The summed E-state index contributed by atoms with van der Waals surface area (Å²) in [4.78, 5) is 9.11. The lowest BCUT2D eigenvalue weighted by Crippen LogP contribution is -2.52. The van der Waals surface area contributed by atoms with Gasteiger partial charge in [-0.15, -0.1) is 24.0 Å². The highest BCUT2D eigenvalue weighted by Crippen LogP contribution is 2.07. The quantitative estimate of drug-likeness (QED) is 0.441. The molecule has 24 heavy (non-hydrogen) atoms. The second kappa shape index (κ2) is 9.07. The number of hydrogen-bond acceptors (Lipinski definition) is 4. The van der Waals surface area contributed by atoms with Crippen molar-refractivity contribution in [1.29, 1.82) is 0 Å². The Morgan fingerprint density at radius 3 is 2.67 bits per heavy atom. The van der Waals surface area contributed by atoms with E-state index in [0.717, 1.165) is 50.9 Å². The number of hydrogen-bond donors (Lipinski definition) is 1. The number of aromatic nitrogens is 2. The molecular formula is C16H25IN6O. The summed E-state index contributed by atoms with van der Waals surface area (Å²) in [6.07, 6.45) is 3.68. The fraction of sp³-hybridized carbons (Fsp3) is 0.500. The fourth-order valence-corrected chi connectivity index (χ4v) is 2.85. The normalized spacial score (nSPS) is 16.1. The lowest BCUT2D eigenvalue weighted by Gasteiger charge is -2.36. The van der Waals surface area contributed by atoms with Crippen molar-refractivity contribution in [3.05, 3.63) is 42.0 Å². The van der Waals surface area contributed by atoms with E-state index in [-0.39, 0.29) is 24.0 Å². The largest absolute Gasteiger partial charge is 0.364 e. The van der Waals surface area contributed by atoms with Gasteiger partial charge in [-0.2, -0.15) is 0 Å². The summed E-state index contributed by atoms with van der Waals surface area (Å²) < 4.78 is 7.01. The molecule has 1 aliphatic heterocycles. The van der Waals surface area contributed by atoms with Crippen LogP contribution in [0.3, 0.4) is 0 Å². The molecule has 7 nitrogen and oxygen atoms in total. The van der Waals surface area contributed by atoms with Gasteiger partial charge in [0, 0.05) is 64.8 Å². The molecule has 1 saturated heterocycles. The number of nitrogens with one attached hydrogen (secondary N) is 1. The van der Waals surface area contributed by atoms with Crippen LogP contribution in [0, 0.1) is 0 Å². The van der Waals surface area contributed by atoms with Gasteiger partial charge in [0.25, 0.3) is 0 Å². The lowest BCUT2D eigenvalue weighted by atomic mass is 10.3. The first-order chi connectivity index (χ1) is 11.3. The maximum atomic E-state index is 4.89. The first-order valence-electron chi connectivity index (χ1n) is 7.93. The summed E-state index contributed by atoms with van der Waals surface area (Å²) in [5.74, 6) is 0.965. The molecule has 2 aromatic rings. The van der Waals surface area contributed by atoms with Crippen LogP contribution in [0.2, 0.25) is 0 Å². The third kappa shape index (κ3) is 4.73. The standard InChI is InChI=1S/C16H24N6O.HI/c1-17-16(18-12-15-4-3-6-20(15)2)22-9-7-21(8-10-22)13-14-5-11-23-19-14;/h3-6,11H,7-10,12-13H2,1-2H3,(H,17,18);1H. The van der Waals surface area contributed by atoms with Crippen LogP contribution in [0.5, 0.6) is 0 Å². The Morgan fingerprint density at radius 1 is 1.29 bits per heavy atom. The van der Waals surface area contributed by atoms with Crippen LogP contribution in [0.4, 0.5) is 0 Å². The fourth-order valence-electron chi connectivity index (χ4n) is 2.85. The van der Waals surface area contributed by atoms with E-state index < -0.39 is 0 Å². The molecule has 0 atom stereocenters. The van der Waals surface area contributed by atoms with Crippen molar-refractivity contribution < 1.29 is 4.52 Å². The average Bonchev–Trinajstić information content (AvgIpc) is 3.21. The van der Waals surface area contributed by atoms with Crippen LogP contribution in [-0.2, 0) is 20.1 Å². The molecule has 0 aliphatic carbocycles. The van der Waals surface area contributed by atoms with Crippen molar-refractivity contribution in [2.45, 2.75) is 13.1 Å². The molecule has 0 saturated carbocycles. The van der Waals surface area contributed by atoms with Crippen molar-refractivity contribution in [1.82, 2.24) is 24.8 Å². The van der Waals surface area contributed by atoms with E-state index in [9.17, 15) is 0 Å². The molecule has 3 rings (SSSR count). The summed E-state index contributed by atoms with van der Waals surface area (Å²) >= 11 is 0. The van der Waals surface area contributed by atoms with Crippen LogP contribution in [0.1, 0.15) is 11.4 Å². The van der Waals surface area contributed by atoms with Gasteiger partial charge in [-0.05, 0) is 12.1 Å². The topological polar surface area (TPSA) is 61.8 Å². The number of aryl methyl sites for hydroxylation is 1. The minimum atomic E-state index is 0. The highest BCUT2D eigenvalue weighted by atomic mass is 127. The Labute approximate surface area is 159 Å². The van der Waals surface area contributed by atoms with Crippen LogP contribution >= 0.6 is 24.0 Å². The van der Waals surface area contributed by atoms with Crippen LogP contribution in [0.25, 0.3) is 0 Å². The van der Waals surface area contributed by atoms with Gasteiger partial charge in [0.2, 0.25) is 0 Å². The van der Waals surface area contributed by atoms with E-state index in [1.54, 1.807) is 6.26 Å². The van der Waals surface area contributed by atoms with Gasteiger partial charge < -0.3 is 19.3 Å². The summed E-state index contributed by atoms with van der Waals surface area (Å²) in [7, 11) is 3.90. The van der Waals surface area contributed by atoms with Crippen LogP contribution < -0.4 is 5.32 Å². The SMILES string of the molecule is CN=C(NCc1cccn1C)N1CCN(Cc2ccon2)CC1.I. The molecule has 3 heterocycles. The van der Waals surface area contributed by atoms with Gasteiger partial charge >= 0.3 is 0 Å². The molecule has 8 heteroatoms. The Hall–Kier alpha value is -1.55. The average molecular weight is 444 g/mol. The highest BCUT2D eigenvalue weighted by molar-refractivity contribution is 14.0. The summed E-state index contributed by atoms with van der Waals surface area (Å²) in [5.41, 5.74) is 2.24. The number of halogens is 1. The third-order valence-corrected chi connectivity index (χ3v) is 4.24. The predicted octanol–water partition coefficient (Wildman–Crippen LogP) is 1.52. The second-order valence-corrected chi connectivity index (χ2v) is 5.77. The van der Waals surface area contributed by atoms with Crippen LogP contribution in [-0.4, -0.2) is 58.7 Å².